The number of ether oxygens (including phenoxy) is 1. The first-order valence-electron chi connectivity index (χ1n) is 5.72. The largest absolute Gasteiger partial charge is 0.489 e. The molecule has 0 aliphatic heterocycles. The molecular weight excluding hydrogens is 224 g/mol. The molecule has 0 bridgehead atoms. The van der Waals surface area contributed by atoms with E-state index in [9.17, 15) is 0 Å². The lowest BCUT2D eigenvalue weighted by atomic mass is 10.1. The topological polar surface area (TPSA) is 59.0 Å². The first-order valence-corrected chi connectivity index (χ1v) is 5.72. The molecule has 0 spiro atoms. The van der Waals surface area contributed by atoms with E-state index in [1.165, 1.54) is 0 Å². The molecule has 0 amide bonds. The van der Waals surface area contributed by atoms with Crippen LogP contribution in [-0.2, 0) is 13.2 Å². The molecule has 0 radical (unpaired) electrons. The normalized spacial score (nSPS) is 9.78. The summed E-state index contributed by atoms with van der Waals surface area (Å²) in [5.74, 6) is 0.679. The highest BCUT2D eigenvalue weighted by molar-refractivity contribution is 5.40. The van der Waals surface area contributed by atoms with E-state index in [1.54, 1.807) is 12.1 Å². The fourth-order valence-corrected chi connectivity index (χ4v) is 1.67. The third-order valence-electron chi connectivity index (χ3n) is 2.58. The first kappa shape index (κ1) is 12.2. The molecule has 0 atom stereocenters. The number of nitrogens with zero attached hydrogens (tertiary/aromatic N) is 1. The van der Waals surface area contributed by atoms with E-state index in [4.69, 9.17) is 15.7 Å². The molecule has 2 aromatic carbocycles. The molecule has 18 heavy (non-hydrogen) atoms. The van der Waals surface area contributed by atoms with Gasteiger partial charge >= 0.3 is 0 Å². The van der Waals surface area contributed by atoms with Crippen molar-refractivity contribution in [1.82, 2.24) is 0 Å². The molecule has 0 fully saturated rings. The van der Waals surface area contributed by atoms with Crippen LogP contribution in [0.5, 0.6) is 5.75 Å². The SMILES string of the molecule is N#Cc1cc(CN)cc(OCc2ccccc2)c1. The maximum Gasteiger partial charge on any atom is 0.121 e. The fraction of sp³-hybridized carbons (Fsp3) is 0.133. The Labute approximate surface area is 106 Å². The smallest absolute Gasteiger partial charge is 0.121 e. The van der Waals surface area contributed by atoms with Gasteiger partial charge in [-0.2, -0.15) is 5.26 Å². The zero-order valence-electron chi connectivity index (χ0n) is 9.97. The van der Waals surface area contributed by atoms with Crippen LogP contribution in [0.3, 0.4) is 0 Å². The summed E-state index contributed by atoms with van der Waals surface area (Å²) in [5.41, 5.74) is 8.15. The summed E-state index contributed by atoms with van der Waals surface area (Å²) < 4.78 is 5.67. The summed E-state index contributed by atoms with van der Waals surface area (Å²) in [6.45, 7) is 0.886. The van der Waals surface area contributed by atoms with Crippen molar-refractivity contribution >= 4 is 0 Å². The summed E-state index contributed by atoms with van der Waals surface area (Å²) in [6, 6.07) is 17.4. The van der Waals surface area contributed by atoms with Crippen molar-refractivity contribution in [3.63, 3.8) is 0 Å². The summed E-state index contributed by atoms with van der Waals surface area (Å²) in [6.07, 6.45) is 0. The Balaban J connectivity index is 2.12. The third-order valence-corrected chi connectivity index (χ3v) is 2.58. The Hall–Kier alpha value is -2.31. The van der Waals surface area contributed by atoms with Gasteiger partial charge in [0.2, 0.25) is 0 Å². The van der Waals surface area contributed by atoms with Gasteiger partial charge in [-0.1, -0.05) is 30.3 Å². The van der Waals surface area contributed by atoms with Crippen molar-refractivity contribution in [3.05, 3.63) is 65.2 Å². The molecule has 2 aromatic rings. The average Bonchev–Trinajstić information content (AvgIpc) is 2.45. The Bertz CT molecular complexity index is 558. The monoisotopic (exact) mass is 238 g/mol. The van der Waals surface area contributed by atoms with E-state index in [-0.39, 0.29) is 0 Å². The fourth-order valence-electron chi connectivity index (χ4n) is 1.67. The predicted molar refractivity (Wildman–Crippen MR) is 69.8 cm³/mol. The lowest BCUT2D eigenvalue weighted by Crippen LogP contribution is -2.00. The Morgan fingerprint density at radius 1 is 1.06 bits per heavy atom. The standard InChI is InChI=1S/C15H14N2O/c16-9-13-6-14(10-17)8-15(7-13)18-11-12-4-2-1-3-5-12/h1-8H,9,11,16H2. The molecule has 0 saturated carbocycles. The molecular formula is C15H14N2O. The van der Waals surface area contributed by atoms with E-state index in [1.807, 2.05) is 36.4 Å². The third kappa shape index (κ3) is 3.09. The lowest BCUT2D eigenvalue weighted by molar-refractivity contribution is 0.306. The van der Waals surface area contributed by atoms with Gasteiger partial charge in [-0.3, -0.25) is 0 Å². The first-order chi connectivity index (χ1) is 8.81. The zero-order chi connectivity index (χ0) is 12.8. The molecule has 0 heterocycles. The molecule has 2 rings (SSSR count). The van der Waals surface area contributed by atoms with Crippen LogP contribution < -0.4 is 10.5 Å². The predicted octanol–water partition coefficient (Wildman–Crippen LogP) is 2.60. The van der Waals surface area contributed by atoms with Crippen molar-refractivity contribution in [1.29, 1.82) is 5.26 Å². The minimum Gasteiger partial charge on any atom is -0.489 e. The van der Waals surface area contributed by atoms with Gasteiger partial charge in [0, 0.05) is 6.54 Å². The molecule has 0 aliphatic carbocycles. The summed E-state index contributed by atoms with van der Waals surface area (Å²) in [7, 11) is 0. The van der Waals surface area contributed by atoms with Gasteiger partial charge in [0.1, 0.15) is 12.4 Å². The van der Waals surface area contributed by atoms with Gasteiger partial charge < -0.3 is 10.5 Å². The van der Waals surface area contributed by atoms with Crippen LogP contribution in [0.4, 0.5) is 0 Å². The van der Waals surface area contributed by atoms with Crippen molar-refractivity contribution < 1.29 is 4.74 Å². The highest BCUT2D eigenvalue weighted by Crippen LogP contribution is 2.18. The van der Waals surface area contributed by atoms with Crippen LogP contribution in [0.2, 0.25) is 0 Å². The quantitative estimate of drug-likeness (QED) is 0.890. The van der Waals surface area contributed by atoms with E-state index in [2.05, 4.69) is 6.07 Å². The van der Waals surface area contributed by atoms with Crippen LogP contribution in [-0.4, -0.2) is 0 Å². The number of benzene rings is 2. The second-order valence-corrected chi connectivity index (χ2v) is 3.96. The number of rotatable bonds is 4. The molecule has 0 aliphatic rings. The maximum atomic E-state index is 8.92. The van der Waals surface area contributed by atoms with Gasteiger partial charge in [-0.25, -0.2) is 0 Å². The van der Waals surface area contributed by atoms with Gasteiger partial charge in [0.05, 0.1) is 11.6 Å². The molecule has 2 N–H and O–H groups in total. The number of hydrogen-bond acceptors (Lipinski definition) is 3. The van der Waals surface area contributed by atoms with Gasteiger partial charge in [0.25, 0.3) is 0 Å². The molecule has 0 saturated heterocycles. The molecule has 3 heteroatoms. The second-order valence-electron chi connectivity index (χ2n) is 3.96. The molecule has 90 valence electrons. The number of nitrogens with two attached hydrogens (primary N) is 1. The molecule has 0 aromatic heterocycles. The van der Waals surface area contributed by atoms with Crippen LogP contribution in [0.25, 0.3) is 0 Å². The number of nitriles is 1. The van der Waals surface area contributed by atoms with Gasteiger partial charge in [0.15, 0.2) is 0 Å². The lowest BCUT2D eigenvalue weighted by Gasteiger charge is -2.08. The van der Waals surface area contributed by atoms with Crippen molar-refractivity contribution in [2.24, 2.45) is 5.73 Å². The van der Waals surface area contributed by atoms with E-state index in [0.29, 0.717) is 24.5 Å². The minimum absolute atomic E-state index is 0.400. The second kappa shape index (κ2) is 5.85. The minimum atomic E-state index is 0.400. The Morgan fingerprint density at radius 3 is 2.50 bits per heavy atom. The molecule has 3 nitrogen and oxygen atoms in total. The summed E-state index contributed by atoms with van der Waals surface area (Å²) >= 11 is 0. The van der Waals surface area contributed by atoms with Crippen molar-refractivity contribution in [3.8, 4) is 11.8 Å². The number of hydrogen-bond donors (Lipinski definition) is 1. The van der Waals surface area contributed by atoms with Gasteiger partial charge in [-0.15, -0.1) is 0 Å². The van der Waals surface area contributed by atoms with Crippen LogP contribution in [0.1, 0.15) is 16.7 Å². The van der Waals surface area contributed by atoms with E-state index in [0.717, 1.165) is 11.1 Å². The van der Waals surface area contributed by atoms with Crippen molar-refractivity contribution in [2.75, 3.05) is 0 Å². The molecule has 0 unspecified atom stereocenters. The van der Waals surface area contributed by atoms with Crippen LogP contribution in [0, 0.1) is 11.3 Å². The van der Waals surface area contributed by atoms with E-state index < -0.39 is 0 Å². The summed E-state index contributed by atoms with van der Waals surface area (Å²) in [4.78, 5) is 0. The Morgan fingerprint density at radius 2 is 1.83 bits per heavy atom. The van der Waals surface area contributed by atoms with Crippen molar-refractivity contribution in [2.45, 2.75) is 13.2 Å². The average molecular weight is 238 g/mol. The van der Waals surface area contributed by atoms with E-state index >= 15 is 0 Å². The zero-order valence-corrected chi connectivity index (χ0v) is 9.97. The van der Waals surface area contributed by atoms with Gasteiger partial charge in [-0.05, 0) is 29.3 Å². The Kier molecular flexibility index (Phi) is 3.95. The maximum absolute atomic E-state index is 8.92. The highest BCUT2D eigenvalue weighted by Gasteiger charge is 2.01. The highest BCUT2D eigenvalue weighted by atomic mass is 16.5. The summed E-state index contributed by atoms with van der Waals surface area (Å²) in [5, 5.41) is 8.92. The van der Waals surface area contributed by atoms with Crippen LogP contribution in [0.15, 0.2) is 48.5 Å². The van der Waals surface area contributed by atoms with Crippen LogP contribution >= 0.6 is 0 Å².